The van der Waals surface area contributed by atoms with Crippen LogP contribution in [0, 0.1) is 0 Å². The van der Waals surface area contributed by atoms with Gasteiger partial charge in [-0.3, -0.25) is 9.36 Å². The van der Waals surface area contributed by atoms with Gasteiger partial charge >= 0.3 is 0 Å². The molecule has 1 unspecified atom stereocenters. The molecule has 2 aromatic carbocycles. The first-order valence-electron chi connectivity index (χ1n) is 8.32. The monoisotopic (exact) mass is 367 g/mol. The van der Waals surface area contributed by atoms with Gasteiger partial charge in [0.05, 0.1) is 24.6 Å². The Morgan fingerprint density at radius 1 is 1.23 bits per heavy atom. The number of methoxy groups -OCH3 is 1. The second-order valence-corrected chi connectivity index (χ2v) is 6.71. The first-order chi connectivity index (χ1) is 12.7. The quantitative estimate of drug-likeness (QED) is 0.645. The van der Waals surface area contributed by atoms with E-state index in [-0.39, 0.29) is 11.9 Å². The van der Waals surface area contributed by atoms with E-state index in [1.807, 2.05) is 72.3 Å². The maximum absolute atomic E-state index is 12.3. The van der Waals surface area contributed by atoms with Crippen molar-refractivity contribution in [3.05, 3.63) is 72.6 Å². The van der Waals surface area contributed by atoms with Crippen LogP contribution in [0.15, 0.2) is 72.1 Å². The number of carbonyl (C=O) groups is 1. The van der Waals surface area contributed by atoms with Gasteiger partial charge in [-0.1, -0.05) is 48.2 Å². The first-order valence-corrected chi connectivity index (χ1v) is 9.31. The highest BCUT2D eigenvalue weighted by Gasteiger charge is 2.12. The molecule has 1 aromatic heterocycles. The summed E-state index contributed by atoms with van der Waals surface area (Å²) in [5.74, 6) is 1.06. The van der Waals surface area contributed by atoms with E-state index < -0.39 is 0 Å². The lowest BCUT2D eigenvalue weighted by molar-refractivity contribution is -0.119. The summed E-state index contributed by atoms with van der Waals surface area (Å²) in [5.41, 5.74) is 2.03. The minimum absolute atomic E-state index is 0.0217. The van der Waals surface area contributed by atoms with Gasteiger partial charge in [-0.25, -0.2) is 4.98 Å². The third kappa shape index (κ3) is 4.46. The third-order valence-electron chi connectivity index (χ3n) is 3.95. The highest BCUT2D eigenvalue weighted by Crippen LogP contribution is 2.23. The zero-order valence-corrected chi connectivity index (χ0v) is 15.6. The minimum Gasteiger partial charge on any atom is -0.497 e. The molecule has 5 nitrogen and oxygen atoms in total. The highest BCUT2D eigenvalue weighted by molar-refractivity contribution is 7.99. The molecule has 1 amide bonds. The Morgan fingerprint density at radius 3 is 2.81 bits per heavy atom. The normalized spacial score (nSPS) is 11.8. The van der Waals surface area contributed by atoms with Crippen molar-refractivity contribution in [1.82, 2.24) is 14.9 Å². The summed E-state index contributed by atoms with van der Waals surface area (Å²) in [4.78, 5) is 16.6. The van der Waals surface area contributed by atoms with Gasteiger partial charge in [-0.2, -0.15) is 0 Å². The number of nitrogens with one attached hydrogen (secondary N) is 1. The van der Waals surface area contributed by atoms with Crippen LogP contribution in [0.5, 0.6) is 5.75 Å². The zero-order valence-electron chi connectivity index (χ0n) is 14.8. The van der Waals surface area contributed by atoms with E-state index in [4.69, 9.17) is 4.74 Å². The summed E-state index contributed by atoms with van der Waals surface area (Å²) in [6.45, 7) is 1.98. The smallest absolute Gasteiger partial charge is 0.230 e. The number of hydrogen-bond acceptors (Lipinski definition) is 4. The van der Waals surface area contributed by atoms with E-state index in [1.54, 1.807) is 13.3 Å². The van der Waals surface area contributed by atoms with Gasteiger partial charge in [0, 0.05) is 18.5 Å². The van der Waals surface area contributed by atoms with E-state index in [9.17, 15) is 4.79 Å². The SMILES string of the molecule is COc1cccc(-n2ccnc2SCC(=O)NC(C)c2ccccc2)c1. The number of rotatable bonds is 7. The molecule has 1 heterocycles. The van der Waals surface area contributed by atoms with Crippen LogP contribution in [0.2, 0.25) is 0 Å². The fraction of sp³-hybridized carbons (Fsp3) is 0.200. The van der Waals surface area contributed by atoms with Crippen molar-refractivity contribution >= 4 is 17.7 Å². The lowest BCUT2D eigenvalue weighted by Gasteiger charge is -2.14. The maximum Gasteiger partial charge on any atom is 0.230 e. The molecule has 134 valence electrons. The maximum atomic E-state index is 12.3. The Labute approximate surface area is 157 Å². The summed E-state index contributed by atoms with van der Waals surface area (Å²) in [5, 5.41) is 3.78. The van der Waals surface area contributed by atoms with Crippen LogP contribution in [0.3, 0.4) is 0 Å². The highest BCUT2D eigenvalue weighted by atomic mass is 32.2. The van der Waals surface area contributed by atoms with Crippen molar-refractivity contribution in [3.63, 3.8) is 0 Å². The zero-order chi connectivity index (χ0) is 18.4. The van der Waals surface area contributed by atoms with E-state index in [0.29, 0.717) is 5.75 Å². The van der Waals surface area contributed by atoms with Gasteiger partial charge in [0.2, 0.25) is 5.91 Å². The summed E-state index contributed by atoms with van der Waals surface area (Å²) in [6, 6.07) is 17.6. The Balaban J connectivity index is 1.62. The molecule has 0 saturated heterocycles. The van der Waals surface area contributed by atoms with E-state index in [2.05, 4.69) is 10.3 Å². The number of carbonyl (C=O) groups excluding carboxylic acids is 1. The Bertz CT molecular complexity index is 864. The lowest BCUT2D eigenvalue weighted by atomic mass is 10.1. The van der Waals surface area contributed by atoms with Crippen molar-refractivity contribution in [2.75, 3.05) is 12.9 Å². The third-order valence-corrected chi connectivity index (χ3v) is 4.91. The van der Waals surface area contributed by atoms with Crippen LogP contribution in [-0.2, 0) is 4.79 Å². The molecule has 1 N–H and O–H groups in total. The van der Waals surface area contributed by atoms with E-state index in [1.165, 1.54) is 11.8 Å². The molecule has 0 spiro atoms. The van der Waals surface area contributed by atoms with Crippen molar-refractivity contribution in [1.29, 1.82) is 0 Å². The molecule has 3 rings (SSSR count). The standard InChI is InChI=1S/C20H21N3O2S/c1-15(16-7-4-3-5-8-16)22-19(24)14-26-20-21-11-12-23(20)17-9-6-10-18(13-17)25-2/h3-13,15H,14H2,1-2H3,(H,22,24). The largest absolute Gasteiger partial charge is 0.497 e. The van der Waals surface area contributed by atoms with Crippen molar-refractivity contribution in [3.8, 4) is 11.4 Å². The van der Waals surface area contributed by atoms with Gasteiger partial charge in [0.1, 0.15) is 5.75 Å². The lowest BCUT2D eigenvalue weighted by Crippen LogP contribution is -2.28. The minimum atomic E-state index is -0.0255. The summed E-state index contributed by atoms with van der Waals surface area (Å²) in [6.07, 6.45) is 3.61. The summed E-state index contributed by atoms with van der Waals surface area (Å²) in [7, 11) is 1.64. The van der Waals surface area contributed by atoms with Crippen LogP contribution in [-0.4, -0.2) is 28.3 Å². The number of aromatic nitrogens is 2. The molecular weight excluding hydrogens is 346 g/mol. The van der Waals surface area contributed by atoms with E-state index >= 15 is 0 Å². The molecule has 0 aliphatic rings. The fourth-order valence-electron chi connectivity index (χ4n) is 2.59. The fourth-order valence-corrected chi connectivity index (χ4v) is 3.38. The van der Waals surface area contributed by atoms with Gasteiger partial charge < -0.3 is 10.1 Å². The molecule has 0 saturated carbocycles. The molecule has 0 aliphatic heterocycles. The second kappa shape index (κ2) is 8.58. The van der Waals surface area contributed by atoms with Gasteiger partial charge in [0.15, 0.2) is 5.16 Å². The number of amides is 1. The Morgan fingerprint density at radius 2 is 2.04 bits per heavy atom. The molecule has 0 fully saturated rings. The van der Waals surface area contributed by atoms with Crippen LogP contribution in [0.1, 0.15) is 18.5 Å². The average molecular weight is 367 g/mol. The van der Waals surface area contributed by atoms with Crippen molar-refractivity contribution in [2.24, 2.45) is 0 Å². The summed E-state index contributed by atoms with van der Waals surface area (Å²) >= 11 is 1.41. The van der Waals surface area contributed by atoms with Gasteiger partial charge in [0.25, 0.3) is 0 Å². The predicted octanol–water partition coefficient (Wildman–Crippen LogP) is 3.85. The number of nitrogens with zero attached hydrogens (tertiary/aromatic N) is 2. The van der Waals surface area contributed by atoms with Crippen LogP contribution >= 0.6 is 11.8 Å². The number of ether oxygens (including phenoxy) is 1. The molecule has 0 bridgehead atoms. The number of thioether (sulfide) groups is 1. The van der Waals surface area contributed by atoms with Crippen LogP contribution < -0.4 is 10.1 Å². The van der Waals surface area contributed by atoms with Crippen molar-refractivity contribution in [2.45, 2.75) is 18.1 Å². The molecule has 3 aromatic rings. The molecule has 0 aliphatic carbocycles. The number of imidazole rings is 1. The summed E-state index contributed by atoms with van der Waals surface area (Å²) < 4.78 is 7.22. The van der Waals surface area contributed by atoms with Gasteiger partial charge in [-0.15, -0.1) is 0 Å². The average Bonchev–Trinajstić information content (AvgIpc) is 3.16. The topological polar surface area (TPSA) is 56.2 Å². The molecule has 26 heavy (non-hydrogen) atoms. The number of benzene rings is 2. The molecule has 6 heteroatoms. The Kier molecular flexibility index (Phi) is 5.96. The predicted molar refractivity (Wildman–Crippen MR) is 104 cm³/mol. The van der Waals surface area contributed by atoms with Crippen LogP contribution in [0.4, 0.5) is 0 Å². The second-order valence-electron chi connectivity index (χ2n) is 5.77. The molecule has 1 atom stereocenters. The Hall–Kier alpha value is -2.73. The van der Waals surface area contributed by atoms with Crippen molar-refractivity contribution < 1.29 is 9.53 Å². The molecule has 0 radical (unpaired) electrons. The van der Waals surface area contributed by atoms with E-state index in [0.717, 1.165) is 22.2 Å². The van der Waals surface area contributed by atoms with Gasteiger partial charge in [-0.05, 0) is 24.6 Å². The van der Waals surface area contributed by atoms with Crippen LogP contribution in [0.25, 0.3) is 5.69 Å². The first kappa shape index (κ1) is 18.1. The molecular formula is C20H21N3O2S. The number of hydrogen-bond donors (Lipinski definition) is 1.